The first-order valence-electron chi connectivity index (χ1n) is 9.10. The highest BCUT2D eigenvalue weighted by molar-refractivity contribution is 6.35. The Bertz CT molecular complexity index is 857. The Morgan fingerprint density at radius 2 is 1.79 bits per heavy atom. The molecular weight excluding hydrogens is 376 g/mol. The van der Waals surface area contributed by atoms with Crippen LogP contribution in [-0.2, 0) is 20.9 Å². The molecule has 0 saturated carbocycles. The van der Waals surface area contributed by atoms with Crippen molar-refractivity contribution in [3.05, 3.63) is 59.9 Å². The van der Waals surface area contributed by atoms with Gasteiger partial charge >= 0.3 is 11.8 Å². The molecule has 29 heavy (non-hydrogen) atoms. The highest BCUT2D eigenvalue weighted by Gasteiger charge is 2.31. The number of hydrogen-bond donors (Lipinski definition) is 2. The summed E-state index contributed by atoms with van der Waals surface area (Å²) in [6, 6.07) is 10.2. The summed E-state index contributed by atoms with van der Waals surface area (Å²) < 4.78 is 10.6. The van der Waals surface area contributed by atoms with Gasteiger partial charge in [-0.1, -0.05) is 0 Å². The van der Waals surface area contributed by atoms with Crippen LogP contribution in [0.4, 0.5) is 0 Å². The number of ether oxygens (including phenoxy) is 2. The number of carbonyl (C=O) groups is 3. The Hall–Kier alpha value is -3.46. The van der Waals surface area contributed by atoms with E-state index >= 15 is 0 Å². The smallest absolute Gasteiger partial charge is 0.309 e. The van der Waals surface area contributed by atoms with Gasteiger partial charge < -0.3 is 25.0 Å². The van der Waals surface area contributed by atoms with E-state index in [1.165, 1.54) is 4.90 Å². The molecule has 1 aliphatic rings. The fourth-order valence-electron chi connectivity index (χ4n) is 2.85. The van der Waals surface area contributed by atoms with E-state index in [9.17, 15) is 14.4 Å². The third-order valence-electron chi connectivity index (χ3n) is 4.43. The fourth-order valence-corrected chi connectivity index (χ4v) is 2.85. The number of pyridine rings is 1. The quantitative estimate of drug-likeness (QED) is 0.679. The van der Waals surface area contributed by atoms with Gasteiger partial charge in [-0.15, -0.1) is 0 Å². The van der Waals surface area contributed by atoms with Gasteiger partial charge in [0.05, 0.1) is 20.3 Å². The van der Waals surface area contributed by atoms with E-state index in [0.29, 0.717) is 24.5 Å². The molecule has 0 unspecified atom stereocenters. The first-order chi connectivity index (χ1) is 14.1. The minimum Gasteiger partial charge on any atom is -0.497 e. The lowest BCUT2D eigenvalue weighted by Crippen LogP contribution is -2.47. The van der Waals surface area contributed by atoms with E-state index in [2.05, 4.69) is 15.6 Å². The van der Waals surface area contributed by atoms with E-state index < -0.39 is 18.0 Å². The van der Waals surface area contributed by atoms with Gasteiger partial charge in [0.15, 0.2) is 0 Å². The molecule has 2 N–H and O–H groups in total. The first kappa shape index (κ1) is 20.3. The molecule has 1 aromatic heterocycles. The average Bonchev–Trinajstić information content (AvgIpc) is 3.24. The molecule has 152 valence electrons. The second-order valence-corrected chi connectivity index (χ2v) is 6.30. The fraction of sp³-hybridized carbons (Fsp3) is 0.300. The van der Waals surface area contributed by atoms with Crippen molar-refractivity contribution in [2.75, 3.05) is 26.8 Å². The minimum atomic E-state index is -0.786. The SMILES string of the molecule is COc1ccc(C(=O)N2CCO[C@@H]2CNC(=O)C(=O)NCc2ccncc2)cc1. The molecular formula is C20H22N4O5. The molecule has 0 bridgehead atoms. The number of amides is 3. The Balaban J connectivity index is 1.50. The van der Waals surface area contributed by atoms with Crippen molar-refractivity contribution >= 4 is 17.7 Å². The van der Waals surface area contributed by atoms with Gasteiger partial charge in [0, 0.05) is 31.0 Å². The van der Waals surface area contributed by atoms with E-state index in [4.69, 9.17) is 9.47 Å². The summed E-state index contributed by atoms with van der Waals surface area (Å²) in [5.74, 6) is -1.11. The molecule has 3 amide bonds. The zero-order chi connectivity index (χ0) is 20.6. The molecule has 1 aromatic carbocycles. The summed E-state index contributed by atoms with van der Waals surface area (Å²) in [5, 5.41) is 5.05. The summed E-state index contributed by atoms with van der Waals surface area (Å²) in [5.41, 5.74) is 1.32. The maximum atomic E-state index is 12.7. The average molecular weight is 398 g/mol. The second-order valence-electron chi connectivity index (χ2n) is 6.30. The number of methoxy groups -OCH3 is 1. The van der Waals surface area contributed by atoms with E-state index in [1.54, 1.807) is 55.9 Å². The van der Waals surface area contributed by atoms with Crippen molar-refractivity contribution < 1.29 is 23.9 Å². The number of aromatic nitrogens is 1. The Labute approximate surface area is 168 Å². The lowest BCUT2D eigenvalue weighted by molar-refractivity contribution is -0.139. The van der Waals surface area contributed by atoms with Crippen molar-refractivity contribution in [1.82, 2.24) is 20.5 Å². The van der Waals surface area contributed by atoms with Gasteiger partial charge in [-0.05, 0) is 42.0 Å². The molecule has 3 rings (SSSR count). The Kier molecular flexibility index (Phi) is 6.75. The van der Waals surface area contributed by atoms with Gasteiger partial charge in [0.1, 0.15) is 12.0 Å². The maximum absolute atomic E-state index is 12.7. The molecule has 1 fully saturated rings. The third-order valence-corrected chi connectivity index (χ3v) is 4.43. The predicted octanol–water partition coefficient (Wildman–Crippen LogP) is 0.321. The second kappa shape index (κ2) is 9.65. The van der Waals surface area contributed by atoms with Crippen LogP contribution in [0, 0.1) is 0 Å². The number of hydrogen-bond acceptors (Lipinski definition) is 6. The van der Waals surface area contributed by atoms with Gasteiger partial charge in [-0.2, -0.15) is 0 Å². The van der Waals surface area contributed by atoms with Gasteiger partial charge in [0.25, 0.3) is 5.91 Å². The van der Waals surface area contributed by atoms with Crippen LogP contribution in [0.3, 0.4) is 0 Å². The van der Waals surface area contributed by atoms with Crippen LogP contribution in [0.2, 0.25) is 0 Å². The van der Waals surface area contributed by atoms with Crippen LogP contribution >= 0.6 is 0 Å². The summed E-state index contributed by atoms with van der Waals surface area (Å²) in [6.07, 6.45) is 2.57. The predicted molar refractivity (Wildman–Crippen MR) is 103 cm³/mol. The largest absolute Gasteiger partial charge is 0.497 e. The number of carbonyl (C=O) groups excluding carboxylic acids is 3. The van der Waals surface area contributed by atoms with Gasteiger partial charge in [-0.3, -0.25) is 19.4 Å². The number of rotatable bonds is 6. The lowest BCUT2D eigenvalue weighted by atomic mass is 10.2. The summed E-state index contributed by atoms with van der Waals surface area (Å²) >= 11 is 0. The highest BCUT2D eigenvalue weighted by Crippen LogP contribution is 2.17. The Morgan fingerprint density at radius 1 is 1.10 bits per heavy atom. The van der Waals surface area contributed by atoms with Crippen LogP contribution in [0.15, 0.2) is 48.8 Å². The molecule has 9 nitrogen and oxygen atoms in total. The standard InChI is InChI=1S/C20H22N4O5/c1-28-16-4-2-15(3-5-16)20(27)24-10-11-29-17(24)13-23-19(26)18(25)22-12-14-6-8-21-9-7-14/h2-9,17H,10-13H2,1H3,(H,22,25)(H,23,26)/t17-/m1/s1. The normalized spacial score (nSPS) is 15.6. The van der Waals surface area contributed by atoms with Crippen LogP contribution in [0.25, 0.3) is 0 Å². The number of nitrogens with one attached hydrogen (secondary N) is 2. The molecule has 2 aromatic rings. The first-order valence-corrected chi connectivity index (χ1v) is 9.10. The molecule has 0 aliphatic carbocycles. The molecule has 1 saturated heterocycles. The summed E-state index contributed by atoms with van der Waals surface area (Å²) in [7, 11) is 1.55. The topological polar surface area (TPSA) is 110 Å². The van der Waals surface area contributed by atoms with Crippen LogP contribution < -0.4 is 15.4 Å². The van der Waals surface area contributed by atoms with E-state index in [-0.39, 0.29) is 19.0 Å². The van der Waals surface area contributed by atoms with Crippen molar-refractivity contribution in [2.24, 2.45) is 0 Å². The monoisotopic (exact) mass is 398 g/mol. The van der Waals surface area contributed by atoms with Crippen molar-refractivity contribution in [1.29, 1.82) is 0 Å². The Morgan fingerprint density at radius 3 is 2.48 bits per heavy atom. The van der Waals surface area contributed by atoms with Gasteiger partial charge in [-0.25, -0.2) is 0 Å². The maximum Gasteiger partial charge on any atom is 0.309 e. The summed E-state index contributed by atoms with van der Waals surface area (Å²) in [6.45, 7) is 0.997. The summed E-state index contributed by atoms with van der Waals surface area (Å²) in [4.78, 5) is 42.1. The zero-order valence-electron chi connectivity index (χ0n) is 16.0. The molecule has 1 aliphatic heterocycles. The van der Waals surface area contributed by atoms with E-state index in [0.717, 1.165) is 5.56 Å². The number of nitrogens with zero attached hydrogens (tertiary/aromatic N) is 2. The zero-order valence-corrected chi connectivity index (χ0v) is 16.0. The minimum absolute atomic E-state index is 0.0173. The molecule has 9 heteroatoms. The van der Waals surface area contributed by atoms with Crippen molar-refractivity contribution in [3.63, 3.8) is 0 Å². The number of benzene rings is 1. The van der Waals surface area contributed by atoms with E-state index in [1.807, 2.05) is 0 Å². The van der Waals surface area contributed by atoms with Crippen LogP contribution in [0.5, 0.6) is 5.75 Å². The van der Waals surface area contributed by atoms with Crippen molar-refractivity contribution in [3.8, 4) is 5.75 Å². The highest BCUT2D eigenvalue weighted by atomic mass is 16.5. The third kappa shape index (κ3) is 5.29. The molecule has 2 heterocycles. The van der Waals surface area contributed by atoms with Crippen LogP contribution in [-0.4, -0.2) is 60.6 Å². The van der Waals surface area contributed by atoms with Gasteiger partial charge in [0.2, 0.25) is 0 Å². The van der Waals surface area contributed by atoms with Crippen molar-refractivity contribution in [2.45, 2.75) is 12.8 Å². The molecule has 0 radical (unpaired) electrons. The molecule has 0 spiro atoms. The van der Waals surface area contributed by atoms with Crippen LogP contribution in [0.1, 0.15) is 15.9 Å². The lowest BCUT2D eigenvalue weighted by Gasteiger charge is -2.23. The molecule has 1 atom stereocenters.